The van der Waals surface area contributed by atoms with Crippen molar-refractivity contribution in [1.82, 2.24) is 15.1 Å². The van der Waals surface area contributed by atoms with Crippen molar-refractivity contribution in [2.75, 3.05) is 52.6 Å². The van der Waals surface area contributed by atoms with Gasteiger partial charge in [0, 0.05) is 29.9 Å². The second-order valence-corrected chi connectivity index (χ2v) is 10.6. The topological polar surface area (TPSA) is 56.8 Å². The minimum absolute atomic E-state index is 0.0217. The highest BCUT2D eigenvalue weighted by molar-refractivity contribution is 7.10. The summed E-state index contributed by atoms with van der Waals surface area (Å²) in [6, 6.07) is 11.9. The van der Waals surface area contributed by atoms with E-state index in [9.17, 15) is 4.79 Å². The number of carbonyl (C=O) groups excluding carboxylic acids is 1. The van der Waals surface area contributed by atoms with Crippen molar-refractivity contribution in [2.45, 2.75) is 37.8 Å². The van der Waals surface area contributed by atoms with E-state index in [0.29, 0.717) is 18.0 Å². The summed E-state index contributed by atoms with van der Waals surface area (Å²) in [5.74, 6) is 0.674. The van der Waals surface area contributed by atoms with Gasteiger partial charge in [-0.05, 0) is 76.6 Å². The summed E-state index contributed by atoms with van der Waals surface area (Å²) in [6.07, 6.45) is 10.9. The molecule has 1 aromatic carbocycles. The van der Waals surface area contributed by atoms with Gasteiger partial charge in [-0.2, -0.15) is 0 Å². The van der Waals surface area contributed by atoms with Crippen molar-refractivity contribution in [1.29, 1.82) is 0 Å². The number of para-hydroxylation sites is 2. The average molecular weight is 523 g/mol. The number of piperidine rings is 1. The van der Waals surface area contributed by atoms with E-state index < -0.39 is 0 Å². The Bertz CT molecular complexity index is 1050. The maximum Gasteiger partial charge on any atom is 0.238 e. The van der Waals surface area contributed by atoms with Crippen LogP contribution < -0.4 is 15.4 Å². The van der Waals surface area contributed by atoms with E-state index in [0.717, 1.165) is 38.9 Å². The number of allylic oxidation sites excluding steroid dienone is 3. The molecule has 2 aromatic rings. The zero-order chi connectivity index (χ0) is 26.7. The first-order valence-electron chi connectivity index (χ1n) is 13.0. The molecular formula is C30H42N4O2S. The van der Waals surface area contributed by atoms with Crippen molar-refractivity contribution < 1.29 is 9.53 Å². The fraction of sp³-hybridized carbons (Fsp3) is 0.433. The number of nitrogens with zero attached hydrogens (tertiary/aromatic N) is 2. The highest BCUT2D eigenvalue weighted by atomic mass is 32.1. The largest absolute Gasteiger partial charge is 0.483 e. The van der Waals surface area contributed by atoms with Crippen molar-refractivity contribution in [3.05, 3.63) is 83.1 Å². The Morgan fingerprint density at radius 3 is 2.62 bits per heavy atom. The second kappa shape index (κ2) is 14.3. The van der Waals surface area contributed by atoms with Crippen LogP contribution in [-0.4, -0.2) is 68.6 Å². The van der Waals surface area contributed by atoms with Crippen LogP contribution >= 0.6 is 11.3 Å². The second-order valence-electron chi connectivity index (χ2n) is 9.62. The molecule has 1 aliphatic heterocycles. The van der Waals surface area contributed by atoms with Crippen molar-refractivity contribution in [3.8, 4) is 5.75 Å². The quantitative estimate of drug-likeness (QED) is 0.340. The number of anilines is 1. The van der Waals surface area contributed by atoms with Crippen LogP contribution in [0, 0.1) is 0 Å². The van der Waals surface area contributed by atoms with Gasteiger partial charge in [0.05, 0.1) is 12.2 Å². The van der Waals surface area contributed by atoms with E-state index in [1.54, 1.807) is 11.3 Å². The Morgan fingerprint density at radius 2 is 2.00 bits per heavy atom. The summed E-state index contributed by atoms with van der Waals surface area (Å²) in [4.78, 5) is 18.8. The Hall–Kier alpha value is -2.71. The van der Waals surface area contributed by atoms with Crippen molar-refractivity contribution in [3.63, 3.8) is 0 Å². The van der Waals surface area contributed by atoms with Crippen LogP contribution in [0.2, 0.25) is 0 Å². The maximum absolute atomic E-state index is 13.1. The average Bonchev–Trinajstić information content (AvgIpc) is 3.43. The molecule has 1 fully saturated rings. The lowest BCUT2D eigenvalue weighted by molar-refractivity contribution is -0.117. The molecule has 1 aliphatic rings. The standard InChI is InChI=1S/C30H42N4O2S/c1-6-11-24(12-7-2)30(33(4)5)17-20-34(21-18-30)23-29(35)32-25-13-8-9-14-26(25)36-27(16-19-31-3)28-15-10-22-37-28/h6-15,22,27,31H,1,16-21,23H2,2-5H3,(H,32,35)/b12-7-,24-11+. The molecule has 0 saturated carbocycles. The number of ether oxygens (including phenoxy) is 1. The number of benzene rings is 1. The van der Waals surface area contributed by atoms with Crippen LogP contribution in [0.5, 0.6) is 5.75 Å². The van der Waals surface area contributed by atoms with Gasteiger partial charge in [0.25, 0.3) is 0 Å². The summed E-state index contributed by atoms with van der Waals surface area (Å²) in [6.45, 7) is 8.86. The first-order chi connectivity index (χ1) is 17.9. The number of carbonyl (C=O) groups is 1. The van der Waals surface area contributed by atoms with E-state index in [1.807, 2.05) is 50.4 Å². The molecule has 1 unspecified atom stereocenters. The van der Waals surface area contributed by atoms with Crippen LogP contribution in [0.25, 0.3) is 0 Å². The fourth-order valence-electron chi connectivity index (χ4n) is 4.98. The molecule has 7 heteroatoms. The molecule has 1 aromatic heterocycles. The first-order valence-corrected chi connectivity index (χ1v) is 13.9. The molecule has 0 aliphatic carbocycles. The van der Waals surface area contributed by atoms with Gasteiger partial charge in [-0.3, -0.25) is 14.6 Å². The molecule has 6 nitrogen and oxygen atoms in total. The minimum Gasteiger partial charge on any atom is -0.483 e. The van der Waals surface area contributed by atoms with Gasteiger partial charge in [0.1, 0.15) is 11.9 Å². The van der Waals surface area contributed by atoms with Crippen LogP contribution in [0.4, 0.5) is 5.69 Å². The number of nitrogens with one attached hydrogen (secondary N) is 2. The number of likely N-dealkylation sites (tertiary alicyclic amines) is 1. The van der Waals surface area contributed by atoms with Gasteiger partial charge < -0.3 is 15.4 Å². The van der Waals surface area contributed by atoms with E-state index in [4.69, 9.17) is 4.74 Å². The molecule has 0 radical (unpaired) electrons. The van der Waals surface area contributed by atoms with Gasteiger partial charge in [0.15, 0.2) is 0 Å². The van der Waals surface area contributed by atoms with E-state index in [1.165, 1.54) is 10.5 Å². The lowest BCUT2D eigenvalue weighted by atomic mass is 9.78. The maximum atomic E-state index is 13.1. The van der Waals surface area contributed by atoms with Crippen LogP contribution in [-0.2, 0) is 4.79 Å². The molecule has 1 atom stereocenters. The molecule has 1 saturated heterocycles. The summed E-state index contributed by atoms with van der Waals surface area (Å²) in [7, 11) is 6.22. The predicted molar refractivity (Wildman–Crippen MR) is 156 cm³/mol. The molecule has 2 heterocycles. The fourth-order valence-corrected chi connectivity index (χ4v) is 5.76. The van der Waals surface area contributed by atoms with E-state index in [2.05, 4.69) is 70.8 Å². The highest BCUT2D eigenvalue weighted by Crippen LogP contribution is 2.36. The zero-order valence-electron chi connectivity index (χ0n) is 22.7. The summed E-state index contributed by atoms with van der Waals surface area (Å²) < 4.78 is 6.42. The number of thiophene rings is 1. The van der Waals surface area contributed by atoms with Crippen LogP contribution in [0.3, 0.4) is 0 Å². The van der Waals surface area contributed by atoms with E-state index in [-0.39, 0.29) is 17.6 Å². The summed E-state index contributed by atoms with van der Waals surface area (Å²) in [5, 5.41) is 8.38. The molecule has 0 bridgehead atoms. The number of hydrogen-bond donors (Lipinski definition) is 2. The lowest BCUT2D eigenvalue weighted by Gasteiger charge is -2.47. The third-order valence-electron chi connectivity index (χ3n) is 7.03. The van der Waals surface area contributed by atoms with E-state index >= 15 is 0 Å². The van der Waals surface area contributed by atoms with Gasteiger partial charge >= 0.3 is 0 Å². The Balaban J connectivity index is 1.64. The van der Waals surface area contributed by atoms with Crippen molar-refractivity contribution in [2.24, 2.45) is 0 Å². The van der Waals surface area contributed by atoms with Gasteiger partial charge in [-0.1, -0.05) is 49.1 Å². The monoisotopic (exact) mass is 522 g/mol. The van der Waals surface area contributed by atoms with Crippen molar-refractivity contribution >= 4 is 22.9 Å². The molecular weight excluding hydrogens is 480 g/mol. The Labute approximate surface area is 226 Å². The molecule has 0 spiro atoms. The highest BCUT2D eigenvalue weighted by Gasteiger charge is 2.39. The molecule has 37 heavy (non-hydrogen) atoms. The first kappa shape index (κ1) is 28.9. The van der Waals surface area contributed by atoms with Crippen LogP contribution in [0.1, 0.15) is 37.2 Å². The Kier molecular flexibility index (Phi) is 11.1. The molecule has 3 rings (SSSR count). The number of likely N-dealkylation sites (N-methyl/N-ethyl adjacent to an activating group) is 1. The van der Waals surface area contributed by atoms with Gasteiger partial charge in [-0.15, -0.1) is 11.3 Å². The SMILES string of the molecule is C=C/C=C(\C=C/C)C1(N(C)C)CCN(CC(=O)Nc2ccccc2OC(CCNC)c2cccs2)CC1. The normalized spacial score (nSPS) is 17.2. The molecule has 200 valence electrons. The Morgan fingerprint density at radius 1 is 1.24 bits per heavy atom. The smallest absolute Gasteiger partial charge is 0.238 e. The number of hydrogen-bond acceptors (Lipinski definition) is 6. The molecule has 1 amide bonds. The third-order valence-corrected chi connectivity index (χ3v) is 8.00. The third kappa shape index (κ3) is 7.65. The van der Waals surface area contributed by atoms with Gasteiger partial charge in [-0.25, -0.2) is 0 Å². The number of rotatable bonds is 13. The minimum atomic E-state index is -0.0678. The lowest BCUT2D eigenvalue weighted by Crippen LogP contribution is -2.54. The summed E-state index contributed by atoms with van der Waals surface area (Å²) >= 11 is 1.69. The van der Waals surface area contributed by atoms with Gasteiger partial charge in [0.2, 0.25) is 5.91 Å². The van der Waals surface area contributed by atoms with Crippen LogP contribution in [0.15, 0.2) is 78.2 Å². The molecule has 2 N–H and O–H groups in total. The summed E-state index contributed by atoms with van der Waals surface area (Å²) in [5.41, 5.74) is 1.92. The zero-order valence-corrected chi connectivity index (χ0v) is 23.5. The predicted octanol–water partition coefficient (Wildman–Crippen LogP) is 5.50. The number of amides is 1.